The SMILES string of the molecule is Cc1c(Cl)cccc1-n1nc(Cc2cccs2)c2c1NCC2. The Bertz CT molecular complexity index is 821. The number of hydrogen-bond donors (Lipinski definition) is 1. The summed E-state index contributed by atoms with van der Waals surface area (Å²) < 4.78 is 2.02. The fraction of sp³-hybridized carbons (Fsp3) is 0.235. The molecule has 22 heavy (non-hydrogen) atoms. The van der Waals surface area contributed by atoms with E-state index in [2.05, 4.69) is 28.9 Å². The maximum atomic E-state index is 6.28. The first-order valence-electron chi connectivity index (χ1n) is 7.36. The predicted octanol–water partition coefficient (Wildman–Crippen LogP) is 4.45. The van der Waals surface area contributed by atoms with Crippen LogP contribution < -0.4 is 5.32 Å². The van der Waals surface area contributed by atoms with Gasteiger partial charge in [0.05, 0.1) is 11.4 Å². The van der Waals surface area contributed by atoms with E-state index in [4.69, 9.17) is 16.7 Å². The highest BCUT2D eigenvalue weighted by Crippen LogP contribution is 2.32. The summed E-state index contributed by atoms with van der Waals surface area (Å²) in [6, 6.07) is 10.2. The minimum absolute atomic E-state index is 0.777. The van der Waals surface area contributed by atoms with Gasteiger partial charge >= 0.3 is 0 Å². The average Bonchev–Trinajstić information content (AvgIpc) is 3.22. The largest absolute Gasteiger partial charge is 0.369 e. The molecule has 0 saturated heterocycles. The van der Waals surface area contributed by atoms with Crippen molar-refractivity contribution in [3.05, 3.63) is 62.4 Å². The molecule has 0 unspecified atom stereocenters. The second-order valence-electron chi connectivity index (χ2n) is 5.50. The summed E-state index contributed by atoms with van der Waals surface area (Å²) in [6.07, 6.45) is 1.93. The molecule has 0 spiro atoms. The Hall–Kier alpha value is -1.78. The maximum Gasteiger partial charge on any atom is 0.133 e. The van der Waals surface area contributed by atoms with Crippen LogP contribution in [0.25, 0.3) is 5.69 Å². The molecule has 0 aliphatic carbocycles. The van der Waals surface area contributed by atoms with Gasteiger partial charge in [-0.2, -0.15) is 5.10 Å². The maximum absolute atomic E-state index is 6.28. The fourth-order valence-corrected chi connectivity index (χ4v) is 3.84. The van der Waals surface area contributed by atoms with Crippen molar-refractivity contribution in [2.45, 2.75) is 19.8 Å². The molecule has 0 fully saturated rings. The molecule has 1 aliphatic rings. The number of benzene rings is 1. The van der Waals surface area contributed by atoms with Crippen LogP contribution in [-0.2, 0) is 12.8 Å². The second kappa shape index (κ2) is 5.45. The number of anilines is 1. The third-order valence-corrected chi connectivity index (χ3v) is 5.41. The van der Waals surface area contributed by atoms with Gasteiger partial charge in [-0.25, -0.2) is 4.68 Å². The Morgan fingerprint density at radius 2 is 2.23 bits per heavy atom. The summed E-state index contributed by atoms with van der Waals surface area (Å²) in [5.41, 5.74) is 4.62. The number of nitrogens with zero attached hydrogens (tertiary/aromatic N) is 2. The van der Waals surface area contributed by atoms with Gasteiger partial charge in [-0.05, 0) is 42.5 Å². The standard InChI is InChI=1S/C17H16ClN3S/c1-11-14(18)5-2-6-16(11)21-17-13(7-8-19-17)15(20-21)10-12-4-3-9-22-12/h2-6,9,19H,7-8,10H2,1H3. The molecule has 2 aromatic heterocycles. The Balaban J connectivity index is 1.82. The van der Waals surface area contributed by atoms with E-state index in [0.29, 0.717) is 0 Å². The summed E-state index contributed by atoms with van der Waals surface area (Å²) >= 11 is 8.06. The lowest BCUT2D eigenvalue weighted by molar-refractivity contribution is 0.837. The Kier molecular flexibility index (Phi) is 3.43. The summed E-state index contributed by atoms with van der Waals surface area (Å²) in [4.78, 5) is 1.35. The van der Waals surface area contributed by atoms with Gasteiger partial charge in [0.15, 0.2) is 0 Å². The minimum atomic E-state index is 0.777. The zero-order chi connectivity index (χ0) is 15.1. The highest BCUT2D eigenvalue weighted by molar-refractivity contribution is 7.09. The molecule has 3 nitrogen and oxygen atoms in total. The molecule has 1 aromatic carbocycles. The Morgan fingerprint density at radius 3 is 3.05 bits per heavy atom. The topological polar surface area (TPSA) is 29.9 Å². The molecule has 0 bridgehead atoms. The number of fused-ring (bicyclic) bond motifs is 1. The van der Waals surface area contributed by atoms with E-state index in [-0.39, 0.29) is 0 Å². The van der Waals surface area contributed by atoms with Gasteiger partial charge in [0.2, 0.25) is 0 Å². The smallest absolute Gasteiger partial charge is 0.133 e. The zero-order valence-electron chi connectivity index (χ0n) is 12.3. The quantitative estimate of drug-likeness (QED) is 0.769. The first-order valence-corrected chi connectivity index (χ1v) is 8.62. The highest BCUT2D eigenvalue weighted by atomic mass is 35.5. The van der Waals surface area contributed by atoms with E-state index >= 15 is 0 Å². The molecule has 0 saturated carbocycles. The van der Waals surface area contributed by atoms with E-state index in [1.165, 1.54) is 16.1 Å². The van der Waals surface area contributed by atoms with Gasteiger partial charge in [-0.3, -0.25) is 0 Å². The van der Waals surface area contributed by atoms with Gasteiger partial charge in [-0.1, -0.05) is 23.7 Å². The number of halogens is 1. The van der Waals surface area contributed by atoms with Crippen molar-refractivity contribution in [2.24, 2.45) is 0 Å². The van der Waals surface area contributed by atoms with Crippen molar-refractivity contribution >= 4 is 28.8 Å². The molecule has 112 valence electrons. The monoisotopic (exact) mass is 329 g/mol. The van der Waals surface area contributed by atoms with Crippen LogP contribution in [0.1, 0.15) is 21.7 Å². The highest BCUT2D eigenvalue weighted by Gasteiger charge is 2.24. The van der Waals surface area contributed by atoms with Crippen LogP contribution in [0.3, 0.4) is 0 Å². The second-order valence-corrected chi connectivity index (χ2v) is 6.94. The van der Waals surface area contributed by atoms with Gasteiger partial charge in [0, 0.05) is 28.4 Å². The van der Waals surface area contributed by atoms with Crippen LogP contribution in [0.2, 0.25) is 5.02 Å². The van der Waals surface area contributed by atoms with Crippen LogP contribution in [-0.4, -0.2) is 16.3 Å². The molecule has 1 N–H and O–H groups in total. The number of rotatable bonds is 3. The summed E-state index contributed by atoms with van der Waals surface area (Å²) in [5, 5.41) is 11.3. The molecule has 5 heteroatoms. The number of thiophene rings is 1. The van der Waals surface area contributed by atoms with Crippen molar-refractivity contribution in [1.29, 1.82) is 0 Å². The lowest BCUT2D eigenvalue weighted by Gasteiger charge is -2.10. The third kappa shape index (κ3) is 2.23. The normalized spacial score (nSPS) is 13.2. The average molecular weight is 330 g/mol. The van der Waals surface area contributed by atoms with Gasteiger partial charge < -0.3 is 5.32 Å². The van der Waals surface area contributed by atoms with Crippen molar-refractivity contribution in [3.8, 4) is 5.69 Å². The molecule has 0 atom stereocenters. The molecule has 4 rings (SSSR count). The number of hydrogen-bond acceptors (Lipinski definition) is 3. The molecule has 0 amide bonds. The van der Waals surface area contributed by atoms with Crippen molar-refractivity contribution in [1.82, 2.24) is 9.78 Å². The molecular weight excluding hydrogens is 314 g/mol. The summed E-state index contributed by atoms with van der Waals surface area (Å²) in [6.45, 7) is 3.02. The molecular formula is C17H16ClN3S. The molecule has 3 heterocycles. The van der Waals surface area contributed by atoms with Gasteiger partial charge in [0.25, 0.3) is 0 Å². The lowest BCUT2D eigenvalue weighted by Crippen LogP contribution is -2.06. The van der Waals surface area contributed by atoms with Crippen molar-refractivity contribution in [3.63, 3.8) is 0 Å². The third-order valence-electron chi connectivity index (χ3n) is 4.12. The summed E-state index contributed by atoms with van der Waals surface area (Å²) in [7, 11) is 0. The van der Waals surface area contributed by atoms with E-state index in [0.717, 1.165) is 41.5 Å². The predicted molar refractivity (Wildman–Crippen MR) is 92.6 cm³/mol. The summed E-state index contributed by atoms with van der Waals surface area (Å²) in [5.74, 6) is 1.12. The van der Waals surface area contributed by atoms with E-state index in [1.54, 1.807) is 11.3 Å². The van der Waals surface area contributed by atoms with Crippen LogP contribution in [0, 0.1) is 6.92 Å². The van der Waals surface area contributed by atoms with Crippen LogP contribution in [0.5, 0.6) is 0 Å². The Labute approximate surface area is 138 Å². The first-order chi connectivity index (χ1) is 10.7. The van der Waals surface area contributed by atoms with Gasteiger partial charge in [0.1, 0.15) is 5.82 Å². The van der Waals surface area contributed by atoms with E-state index < -0.39 is 0 Å². The van der Waals surface area contributed by atoms with Crippen LogP contribution >= 0.6 is 22.9 Å². The molecule has 1 aliphatic heterocycles. The first kappa shape index (κ1) is 13.9. The van der Waals surface area contributed by atoms with E-state index in [9.17, 15) is 0 Å². The molecule has 3 aromatic rings. The number of nitrogens with one attached hydrogen (secondary N) is 1. The van der Waals surface area contributed by atoms with Crippen molar-refractivity contribution in [2.75, 3.05) is 11.9 Å². The lowest BCUT2D eigenvalue weighted by atomic mass is 10.1. The van der Waals surface area contributed by atoms with E-state index in [1.807, 2.05) is 23.7 Å². The zero-order valence-corrected chi connectivity index (χ0v) is 13.8. The minimum Gasteiger partial charge on any atom is -0.369 e. The number of aromatic nitrogens is 2. The Morgan fingerprint density at radius 1 is 1.32 bits per heavy atom. The van der Waals surface area contributed by atoms with Crippen molar-refractivity contribution < 1.29 is 0 Å². The van der Waals surface area contributed by atoms with Crippen LogP contribution in [0.4, 0.5) is 5.82 Å². The van der Waals surface area contributed by atoms with Crippen LogP contribution in [0.15, 0.2) is 35.7 Å². The fourth-order valence-electron chi connectivity index (χ4n) is 2.97. The molecule has 0 radical (unpaired) electrons. The van der Waals surface area contributed by atoms with Gasteiger partial charge in [-0.15, -0.1) is 11.3 Å².